The summed E-state index contributed by atoms with van der Waals surface area (Å²) in [5, 5.41) is 7.22. The van der Waals surface area contributed by atoms with Crippen molar-refractivity contribution < 1.29 is 23.1 Å². The maximum atomic E-state index is 14.1. The quantitative estimate of drug-likeness (QED) is 0.515. The number of benzene rings is 2. The third kappa shape index (κ3) is 5.83. The first kappa shape index (κ1) is 25.6. The molecule has 0 aliphatic carbocycles. The second-order valence-corrected chi connectivity index (χ2v) is 8.86. The van der Waals surface area contributed by atoms with E-state index < -0.39 is 17.5 Å². The van der Waals surface area contributed by atoms with Crippen LogP contribution in [0.5, 0.6) is 5.75 Å². The molecule has 1 fully saturated rings. The first-order chi connectivity index (χ1) is 17.2. The molecule has 0 atom stereocenters. The molecule has 1 aliphatic rings. The number of carbonyl (C=O) groups excluding carboxylic acids is 2. The molecule has 190 valence electrons. The zero-order valence-electron chi connectivity index (χ0n) is 19.9. The lowest BCUT2D eigenvalue weighted by Gasteiger charge is -2.34. The van der Waals surface area contributed by atoms with Crippen molar-refractivity contribution in [3.8, 4) is 17.0 Å². The Balaban J connectivity index is 1.50. The van der Waals surface area contributed by atoms with Gasteiger partial charge >= 0.3 is 0 Å². The minimum absolute atomic E-state index is 0.0814. The molecule has 1 saturated heterocycles. The van der Waals surface area contributed by atoms with E-state index in [9.17, 15) is 18.4 Å². The first-order valence-corrected chi connectivity index (χ1v) is 11.8. The number of aryl methyl sites for hydroxylation is 1. The fourth-order valence-corrected chi connectivity index (χ4v) is 4.34. The molecule has 0 saturated carbocycles. The van der Waals surface area contributed by atoms with Crippen LogP contribution in [-0.2, 0) is 11.8 Å². The summed E-state index contributed by atoms with van der Waals surface area (Å²) in [5.74, 6) is -1.81. The van der Waals surface area contributed by atoms with Crippen LogP contribution in [0.15, 0.2) is 42.6 Å². The van der Waals surface area contributed by atoms with E-state index in [-0.39, 0.29) is 11.5 Å². The van der Waals surface area contributed by atoms with Gasteiger partial charge in [-0.2, -0.15) is 5.10 Å². The van der Waals surface area contributed by atoms with Gasteiger partial charge in [0, 0.05) is 64.0 Å². The Morgan fingerprint density at radius 1 is 1.11 bits per heavy atom. The Bertz CT molecular complexity index is 1260. The molecule has 11 heteroatoms. The SMILES string of the molecule is CC(=O)N1CCN(CCOc2ccc(NC(=O)c3ccc(F)cc3F)cc2-c2c(Cl)cnn2C)CC1. The monoisotopic (exact) mass is 517 g/mol. The molecule has 8 nitrogen and oxygen atoms in total. The number of amides is 2. The summed E-state index contributed by atoms with van der Waals surface area (Å²) in [6, 6.07) is 7.77. The molecule has 0 radical (unpaired) electrons. The summed E-state index contributed by atoms with van der Waals surface area (Å²) < 4.78 is 35.0. The molecule has 4 rings (SSSR count). The van der Waals surface area contributed by atoms with Crippen LogP contribution >= 0.6 is 11.6 Å². The maximum absolute atomic E-state index is 14.1. The van der Waals surface area contributed by atoms with Crippen molar-refractivity contribution in [2.45, 2.75) is 6.92 Å². The van der Waals surface area contributed by atoms with Crippen molar-refractivity contribution in [1.29, 1.82) is 0 Å². The van der Waals surface area contributed by atoms with Crippen molar-refractivity contribution in [2.24, 2.45) is 7.05 Å². The van der Waals surface area contributed by atoms with Gasteiger partial charge in [-0.25, -0.2) is 8.78 Å². The number of hydrogen-bond donors (Lipinski definition) is 1. The van der Waals surface area contributed by atoms with Gasteiger partial charge < -0.3 is 15.0 Å². The highest BCUT2D eigenvalue weighted by Gasteiger charge is 2.20. The fourth-order valence-electron chi connectivity index (χ4n) is 4.08. The van der Waals surface area contributed by atoms with Crippen LogP contribution < -0.4 is 10.1 Å². The van der Waals surface area contributed by atoms with Gasteiger partial charge in [0.2, 0.25) is 5.91 Å². The van der Waals surface area contributed by atoms with Gasteiger partial charge in [0.1, 0.15) is 24.0 Å². The fraction of sp³-hybridized carbons (Fsp3) is 0.320. The van der Waals surface area contributed by atoms with E-state index in [0.717, 1.165) is 25.2 Å². The third-order valence-corrected chi connectivity index (χ3v) is 6.32. The van der Waals surface area contributed by atoms with Crippen LogP contribution in [0.1, 0.15) is 17.3 Å². The topological polar surface area (TPSA) is 79.7 Å². The highest BCUT2D eigenvalue weighted by molar-refractivity contribution is 6.33. The number of nitrogens with zero attached hydrogens (tertiary/aromatic N) is 4. The predicted octanol–water partition coefficient (Wildman–Crippen LogP) is 3.81. The van der Waals surface area contributed by atoms with Crippen molar-refractivity contribution >= 4 is 29.1 Å². The van der Waals surface area contributed by atoms with Gasteiger partial charge in [-0.15, -0.1) is 0 Å². The Labute approximate surface area is 212 Å². The number of anilines is 1. The molecule has 0 spiro atoms. The molecule has 2 amide bonds. The number of ether oxygens (including phenoxy) is 1. The lowest BCUT2D eigenvalue weighted by molar-refractivity contribution is -0.130. The zero-order valence-corrected chi connectivity index (χ0v) is 20.7. The molecule has 1 aromatic heterocycles. The van der Waals surface area contributed by atoms with Crippen molar-refractivity contribution in [2.75, 3.05) is 44.6 Å². The van der Waals surface area contributed by atoms with E-state index in [1.807, 2.05) is 4.90 Å². The average Bonchev–Trinajstić information content (AvgIpc) is 3.17. The lowest BCUT2D eigenvalue weighted by Crippen LogP contribution is -2.48. The number of halogens is 3. The second kappa shape index (κ2) is 11.0. The maximum Gasteiger partial charge on any atom is 0.258 e. The molecule has 0 unspecified atom stereocenters. The van der Waals surface area contributed by atoms with Gasteiger partial charge in [0.15, 0.2) is 0 Å². The van der Waals surface area contributed by atoms with Gasteiger partial charge in [0.25, 0.3) is 5.91 Å². The molecule has 3 aromatic rings. The molecular weight excluding hydrogens is 492 g/mol. The standard InChI is InChI=1S/C25H26ClF2N5O3/c1-16(34)33-9-7-32(8-10-33)11-12-36-23-6-4-18(14-20(23)24-21(26)15-29-31(24)2)30-25(35)19-5-3-17(27)13-22(19)28/h3-6,13-15H,7-12H2,1-2H3,(H,30,35). The first-order valence-electron chi connectivity index (χ1n) is 11.4. The number of hydrogen-bond acceptors (Lipinski definition) is 5. The van der Waals surface area contributed by atoms with Crippen molar-refractivity contribution in [3.05, 3.63) is 64.8 Å². The smallest absolute Gasteiger partial charge is 0.258 e. The van der Waals surface area contributed by atoms with Crippen LogP contribution in [0.4, 0.5) is 14.5 Å². The third-order valence-electron chi connectivity index (χ3n) is 6.05. The van der Waals surface area contributed by atoms with Crippen molar-refractivity contribution in [3.63, 3.8) is 0 Å². The largest absolute Gasteiger partial charge is 0.492 e. The number of carbonyl (C=O) groups is 2. The minimum atomic E-state index is -0.952. The van der Waals surface area contributed by atoms with Gasteiger partial charge in [-0.1, -0.05) is 11.6 Å². The number of piperazine rings is 1. The predicted molar refractivity (Wildman–Crippen MR) is 132 cm³/mol. The number of rotatable bonds is 7. The van der Waals surface area contributed by atoms with E-state index >= 15 is 0 Å². The molecule has 36 heavy (non-hydrogen) atoms. The van der Waals surface area contributed by atoms with E-state index in [2.05, 4.69) is 15.3 Å². The van der Waals surface area contributed by atoms with Gasteiger partial charge in [-0.05, 0) is 30.3 Å². The normalized spacial score (nSPS) is 14.1. The summed E-state index contributed by atoms with van der Waals surface area (Å²) in [6.07, 6.45) is 1.51. The highest BCUT2D eigenvalue weighted by Crippen LogP contribution is 2.36. The lowest BCUT2D eigenvalue weighted by atomic mass is 10.1. The average molecular weight is 518 g/mol. The molecule has 1 N–H and O–H groups in total. The molecule has 1 aliphatic heterocycles. The Morgan fingerprint density at radius 3 is 2.50 bits per heavy atom. The summed E-state index contributed by atoms with van der Waals surface area (Å²) in [5.41, 5.74) is 1.29. The van der Waals surface area contributed by atoms with Crippen LogP contribution in [-0.4, -0.2) is 70.7 Å². The van der Waals surface area contributed by atoms with Crippen LogP contribution in [0.3, 0.4) is 0 Å². The molecular formula is C25H26ClF2N5O3. The Morgan fingerprint density at radius 2 is 1.86 bits per heavy atom. The van der Waals surface area contributed by atoms with Crippen LogP contribution in [0.25, 0.3) is 11.3 Å². The molecule has 2 aromatic carbocycles. The number of aromatic nitrogens is 2. The summed E-state index contributed by atoms with van der Waals surface area (Å²) >= 11 is 6.38. The van der Waals surface area contributed by atoms with E-state index in [1.165, 1.54) is 6.20 Å². The minimum Gasteiger partial charge on any atom is -0.492 e. The van der Waals surface area contributed by atoms with Gasteiger partial charge in [0.05, 0.1) is 22.5 Å². The Kier molecular flexibility index (Phi) is 7.85. The van der Waals surface area contributed by atoms with Crippen LogP contribution in [0, 0.1) is 11.6 Å². The summed E-state index contributed by atoms with van der Waals surface area (Å²) in [4.78, 5) is 28.2. The molecule has 0 bridgehead atoms. The van der Waals surface area contributed by atoms with E-state index in [4.69, 9.17) is 16.3 Å². The Hall–Kier alpha value is -3.50. The van der Waals surface area contributed by atoms with Crippen molar-refractivity contribution in [1.82, 2.24) is 19.6 Å². The highest BCUT2D eigenvalue weighted by atomic mass is 35.5. The van der Waals surface area contributed by atoms with E-state index in [0.29, 0.717) is 60.0 Å². The molecule has 2 heterocycles. The van der Waals surface area contributed by atoms with E-state index in [1.54, 1.807) is 36.9 Å². The zero-order chi connectivity index (χ0) is 25.8. The van der Waals surface area contributed by atoms with Gasteiger partial charge in [-0.3, -0.25) is 19.2 Å². The summed E-state index contributed by atoms with van der Waals surface area (Å²) in [6.45, 7) is 5.57. The number of nitrogens with one attached hydrogen (secondary N) is 1. The van der Waals surface area contributed by atoms with Crippen LogP contribution in [0.2, 0.25) is 5.02 Å². The second-order valence-electron chi connectivity index (χ2n) is 8.45. The summed E-state index contributed by atoms with van der Waals surface area (Å²) in [7, 11) is 1.73.